The summed E-state index contributed by atoms with van der Waals surface area (Å²) in [5.41, 5.74) is 1.68. The third-order valence-electron chi connectivity index (χ3n) is 3.01. The van der Waals surface area contributed by atoms with Crippen molar-refractivity contribution in [3.05, 3.63) is 21.6 Å². The molecule has 0 amide bonds. The molecule has 2 rings (SSSR count). The van der Waals surface area contributed by atoms with E-state index in [0.717, 1.165) is 5.92 Å². The van der Waals surface area contributed by atoms with E-state index in [2.05, 4.69) is 32.6 Å². The first kappa shape index (κ1) is 14.8. The summed E-state index contributed by atoms with van der Waals surface area (Å²) in [6.45, 7) is 0. The second-order valence-electron chi connectivity index (χ2n) is 3.88. The predicted octanol–water partition coefficient (Wildman–Crippen LogP) is 4.17. The van der Waals surface area contributed by atoms with Crippen LogP contribution >= 0.6 is 24.8 Å². The van der Waals surface area contributed by atoms with Gasteiger partial charge in [-0.05, 0) is 0 Å². The molecule has 1 saturated carbocycles. The molecule has 0 aromatic carbocycles. The fourth-order valence-electron chi connectivity index (χ4n) is 2.32. The Morgan fingerprint density at radius 2 is 1.71 bits per heavy atom. The second kappa shape index (κ2) is 7.11. The molecular weight excluding hydrogens is 251 g/mol. The van der Waals surface area contributed by atoms with Crippen molar-refractivity contribution >= 4 is 24.8 Å². The fraction of sp³-hybridized carbons (Fsp3) is 0.636. The van der Waals surface area contributed by atoms with E-state index in [-0.39, 0.29) is 24.8 Å². The third-order valence-corrected chi connectivity index (χ3v) is 3.78. The Bertz CT molecular complexity index is 227. The molecule has 0 aliphatic heterocycles. The maximum absolute atomic E-state index is 2.37. The molecule has 0 atom stereocenters. The van der Waals surface area contributed by atoms with Crippen LogP contribution < -0.4 is 0 Å². The summed E-state index contributed by atoms with van der Waals surface area (Å²) in [6, 6.07) is 0. The van der Waals surface area contributed by atoms with Crippen molar-refractivity contribution in [2.75, 3.05) is 0 Å². The van der Waals surface area contributed by atoms with Gasteiger partial charge in [0.25, 0.3) is 0 Å². The zero-order valence-corrected chi connectivity index (χ0v) is 11.5. The minimum absolute atomic E-state index is 0. The third kappa shape index (κ3) is 3.41. The number of rotatable bonds is 1. The normalized spacial score (nSPS) is 21.6. The summed E-state index contributed by atoms with van der Waals surface area (Å²) in [5, 5.41) is 0. The molecule has 79 valence electrons. The van der Waals surface area contributed by atoms with Crippen LogP contribution in [0.2, 0.25) is 0 Å². The first-order valence-electron chi connectivity index (χ1n) is 4.99. The summed E-state index contributed by atoms with van der Waals surface area (Å²) in [4.78, 5) is 0. The van der Waals surface area contributed by atoms with Crippen molar-refractivity contribution in [2.24, 2.45) is 5.92 Å². The SMILES string of the molecule is Cl.Cl.[Ti][C]1=C(C2CCCCC2)C=CC1. The van der Waals surface area contributed by atoms with Gasteiger partial charge in [-0.15, -0.1) is 24.8 Å². The quantitative estimate of drug-likeness (QED) is 0.626. The summed E-state index contributed by atoms with van der Waals surface area (Å²) >= 11 is 2.30. The molecule has 0 aromatic heterocycles. The Morgan fingerprint density at radius 1 is 1.07 bits per heavy atom. The van der Waals surface area contributed by atoms with E-state index in [0.29, 0.717) is 0 Å². The Morgan fingerprint density at radius 3 is 2.21 bits per heavy atom. The van der Waals surface area contributed by atoms with E-state index in [1.54, 1.807) is 9.45 Å². The van der Waals surface area contributed by atoms with Gasteiger partial charge in [-0.25, -0.2) is 0 Å². The summed E-state index contributed by atoms with van der Waals surface area (Å²) in [5.74, 6) is 0.914. The van der Waals surface area contributed by atoms with Gasteiger partial charge in [0, 0.05) is 0 Å². The standard InChI is InChI=1S/C11H15.2ClH.Ti/c1-2-6-10(7-3-1)11-8-4-5-9-11;;;/h4,8,10H,1-3,5-7H2;2*1H;. The molecule has 0 N–H and O–H groups in total. The van der Waals surface area contributed by atoms with Crippen molar-refractivity contribution in [2.45, 2.75) is 38.5 Å². The van der Waals surface area contributed by atoms with Crippen molar-refractivity contribution in [3.8, 4) is 0 Å². The van der Waals surface area contributed by atoms with Crippen LogP contribution in [-0.2, 0) is 20.4 Å². The number of allylic oxidation sites excluding steroid dienone is 4. The summed E-state index contributed by atoms with van der Waals surface area (Å²) < 4.78 is 1.63. The van der Waals surface area contributed by atoms with Crippen LogP contribution in [0.5, 0.6) is 0 Å². The molecule has 0 aromatic rings. The molecule has 0 bridgehead atoms. The van der Waals surface area contributed by atoms with E-state index in [4.69, 9.17) is 0 Å². The van der Waals surface area contributed by atoms with Crippen LogP contribution in [0.25, 0.3) is 0 Å². The van der Waals surface area contributed by atoms with Crippen molar-refractivity contribution in [3.63, 3.8) is 0 Å². The van der Waals surface area contributed by atoms with Crippen LogP contribution in [0, 0.1) is 5.92 Å². The minimum atomic E-state index is 0. The van der Waals surface area contributed by atoms with Crippen LogP contribution in [0.4, 0.5) is 0 Å². The van der Waals surface area contributed by atoms with E-state index in [1.165, 1.54) is 38.5 Å². The van der Waals surface area contributed by atoms with E-state index >= 15 is 0 Å². The van der Waals surface area contributed by atoms with Crippen molar-refractivity contribution < 1.29 is 20.4 Å². The zero-order valence-electron chi connectivity index (χ0n) is 8.29. The first-order chi connectivity index (χ1) is 5.88. The molecule has 3 heteroatoms. The van der Waals surface area contributed by atoms with E-state index < -0.39 is 0 Å². The van der Waals surface area contributed by atoms with Gasteiger partial charge in [0.2, 0.25) is 0 Å². The zero-order chi connectivity index (χ0) is 8.39. The Kier molecular flexibility index (Phi) is 7.51. The monoisotopic (exact) mass is 267 g/mol. The molecular formula is C11H17Cl2Ti. The Balaban J connectivity index is 0.000000845. The average Bonchev–Trinajstić information content (AvgIpc) is 2.53. The molecule has 0 saturated heterocycles. The van der Waals surface area contributed by atoms with Crippen molar-refractivity contribution in [1.82, 2.24) is 0 Å². The van der Waals surface area contributed by atoms with Gasteiger partial charge in [-0.2, -0.15) is 0 Å². The molecule has 0 radical (unpaired) electrons. The number of hydrogen-bond acceptors (Lipinski definition) is 0. The van der Waals surface area contributed by atoms with Gasteiger partial charge >= 0.3 is 86.5 Å². The van der Waals surface area contributed by atoms with Crippen LogP contribution in [0.3, 0.4) is 0 Å². The second-order valence-corrected chi connectivity index (χ2v) is 4.82. The number of hydrogen-bond donors (Lipinski definition) is 0. The average molecular weight is 268 g/mol. The molecule has 0 nitrogen and oxygen atoms in total. The van der Waals surface area contributed by atoms with E-state index in [9.17, 15) is 0 Å². The van der Waals surface area contributed by atoms with Crippen molar-refractivity contribution in [1.29, 1.82) is 0 Å². The molecule has 0 spiro atoms. The predicted molar refractivity (Wildman–Crippen MR) is 61.9 cm³/mol. The van der Waals surface area contributed by atoms with Gasteiger partial charge in [0.15, 0.2) is 0 Å². The van der Waals surface area contributed by atoms with E-state index in [1.807, 2.05) is 0 Å². The van der Waals surface area contributed by atoms with Gasteiger partial charge in [-0.3, -0.25) is 0 Å². The molecule has 2 aliphatic rings. The van der Waals surface area contributed by atoms with Crippen LogP contribution in [0.1, 0.15) is 38.5 Å². The molecule has 14 heavy (non-hydrogen) atoms. The number of halogens is 2. The molecule has 2 aliphatic carbocycles. The summed E-state index contributed by atoms with van der Waals surface area (Å²) in [7, 11) is 0. The van der Waals surface area contributed by atoms with Crippen LogP contribution in [0.15, 0.2) is 21.6 Å². The Labute approximate surface area is 111 Å². The molecule has 0 heterocycles. The molecule has 0 unspecified atom stereocenters. The molecule has 1 fully saturated rings. The first-order valence-corrected chi connectivity index (χ1v) is 5.77. The van der Waals surface area contributed by atoms with Gasteiger partial charge in [0.1, 0.15) is 0 Å². The van der Waals surface area contributed by atoms with Gasteiger partial charge in [-0.1, -0.05) is 0 Å². The fourth-order valence-corrected chi connectivity index (χ4v) is 2.95. The van der Waals surface area contributed by atoms with Gasteiger partial charge < -0.3 is 0 Å². The topological polar surface area (TPSA) is 0 Å². The summed E-state index contributed by atoms with van der Waals surface area (Å²) in [6.07, 6.45) is 13.2. The van der Waals surface area contributed by atoms with Crippen LogP contribution in [-0.4, -0.2) is 0 Å². The maximum atomic E-state index is 2.37. The van der Waals surface area contributed by atoms with Gasteiger partial charge in [0.05, 0.1) is 0 Å². The Hall–Kier alpha value is 0.774.